The number of fused-ring (bicyclic) bond motifs is 3. The van der Waals surface area contributed by atoms with E-state index in [9.17, 15) is 48.3 Å². The molecule has 1 fully saturated rings. The van der Waals surface area contributed by atoms with Gasteiger partial charge < -0.3 is 71.5 Å². The van der Waals surface area contributed by atoms with Gasteiger partial charge in [0.15, 0.2) is 0 Å². The lowest BCUT2D eigenvalue weighted by atomic mass is 9.89. The van der Waals surface area contributed by atoms with Crippen molar-refractivity contribution in [1.82, 2.24) is 41.3 Å². The van der Waals surface area contributed by atoms with Gasteiger partial charge in [-0.25, -0.2) is 14.4 Å². The van der Waals surface area contributed by atoms with Gasteiger partial charge in [-0.05, 0) is 102 Å². The number of alkyl carbamates (subject to hydrolysis) is 1. The summed E-state index contributed by atoms with van der Waals surface area (Å²) >= 11 is 0. The van der Waals surface area contributed by atoms with Crippen molar-refractivity contribution < 1.29 is 67.2 Å². The highest BCUT2D eigenvalue weighted by atomic mass is 16.6. The SMILES string of the molecule is CCC(C)[C@@H]([C@@H](CC(=O)N1CCCC1[C@H](OC)[C@@H](C)C(=O)N[C@H](C)[C@@H](O)c1ccccc1)OC)N(C)C(=O)[C@@H](NC(=O)[C@H](C(C)C)N(C)C(=O)OCc1ccc(NC(=O)C(CCCNC(N)=O)NC(=O)[C@@H](NC(=O)OCC2c3ccccc3-c3ccccc32)C(C)C)cc1)C(C)C. The second kappa shape index (κ2) is 36.7. The van der Waals surface area contributed by atoms with Crippen molar-refractivity contribution in [2.75, 3.05) is 53.3 Å². The number of aliphatic hydroxyl groups is 1. The van der Waals surface area contributed by atoms with Crippen molar-refractivity contribution in [3.05, 3.63) is 125 Å². The number of anilines is 1. The van der Waals surface area contributed by atoms with Crippen molar-refractivity contribution in [2.24, 2.45) is 35.3 Å². The molecule has 1 saturated heterocycles. The Kier molecular flexibility index (Phi) is 29.2. The monoisotopic (exact) mass is 1340 g/mol. The molecule has 12 atom stereocenters. The van der Waals surface area contributed by atoms with E-state index in [0.29, 0.717) is 42.6 Å². The van der Waals surface area contributed by atoms with Crippen LogP contribution in [0.3, 0.4) is 0 Å². The number of likely N-dealkylation sites (tertiary alicyclic amines) is 1. The van der Waals surface area contributed by atoms with Gasteiger partial charge >= 0.3 is 18.2 Å². The molecule has 0 radical (unpaired) electrons. The molecule has 1 aliphatic heterocycles. The van der Waals surface area contributed by atoms with Crippen molar-refractivity contribution >= 4 is 59.3 Å². The predicted octanol–water partition coefficient (Wildman–Crippen LogP) is 8.01. The first-order chi connectivity index (χ1) is 46.1. The molecule has 10 amide bonds. The largest absolute Gasteiger partial charge is 0.449 e. The molecule has 97 heavy (non-hydrogen) atoms. The Morgan fingerprint density at radius 3 is 1.85 bits per heavy atom. The standard InChI is InChI=1S/C73H104N10O14/c1-15-45(8)63(58(94-13)39-59(84)83-38-24-32-57(83)65(95-14)46(9)66(86)76-47(10)64(85)49-25-17-16-18-26-49)81(11)70(90)61(43(4)5)79-69(89)62(44(6)7)82(12)73(93)97-40-48-33-35-50(36-34-48)77-67(87)56(31-23-37-75-71(74)91)78-68(88)60(42(2)3)80-72(92)96-41-55-53-29-21-19-27-51(53)52-28-20-22-30-54(52)55/h16-22,25-30,33-36,42-47,55-58,60-65,85H,15,23-24,31-32,37-41H2,1-14H3,(H,76,86)(H,77,87)(H,78,88)(H,79,89)(H,80,92)(H3,74,75,91)/t45?,46-,47-,56?,57?,58-,60+,61+,62+,63+,64-,65-/m1/s1. The van der Waals surface area contributed by atoms with Crippen LogP contribution in [0.4, 0.5) is 20.1 Å². The first-order valence-corrected chi connectivity index (χ1v) is 33.8. The number of benzene rings is 4. The fourth-order valence-electron chi connectivity index (χ4n) is 13.2. The Labute approximate surface area is 571 Å². The Hall–Kier alpha value is -8.61. The molecule has 530 valence electrons. The van der Waals surface area contributed by atoms with Crippen LogP contribution in [0.5, 0.6) is 0 Å². The summed E-state index contributed by atoms with van der Waals surface area (Å²) in [7, 11) is 6.10. The lowest BCUT2D eigenvalue weighted by Crippen LogP contribution is -2.60. The Balaban J connectivity index is 1.04. The molecule has 4 aromatic rings. The van der Waals surface area contributed by atoms with Gasteiger partial charge in [0.05, 0.1) is 48.8 Å². The van der Waals surface area contributed by atoms with Crippen LogP contribution >= 0.6 is 0 Å². The minimum atomic E-state index is -1.13. The molecule has 4 aromatic carbocycles. The second-order valence-corrected chi connectivity index (χ2v) is 26.7. The number of nitrogens with one attached hydrogen (secondary N) is 6. The van der Waals surface area contributed by atoms with E-state index in [1.807, 2.05) is 80.6 Å². The summed E-state index contributed by atoms with van der Waals surface area (Å²) in [6.07, 6.45) is -1.84. The van der Waals surface area contributed by atoms with Crippen molar-refractivity contribution in [3.8, 4) is 11.1 Å². The lowest BCUT2D eigenvalue weighted by Gasteiger charge is -2.41. The topological polar surface area (TPSA) is 319 Å². The number of hydrogen-bond acceptors (Lipinski definition) is 14. The average molecular weight is 1350 g/mol. The quantitative estimate of drug-likeness (QED) is 0.0206. The van der Waals surface area contributed by atoms with Crippen LogP contribution in [0.2, 0.25) is 0 Å². The summed E-state index contributed by atoms with van der Waals surface area (Å²) in [5, 5.41) is 27.7. The number of carbonyl (C=O) groups is 9. The van der Waals surface area contributed by atoms with Crippen molar-refractivity contribution in [3.63, 3.8) is 0 Å². The van der Waals surface area contributed by atoms with E-state index in [0.717, 1.165) is 22.3 Å². The van der Waals surface area contributed by atoms with Crippen molar-refractivity contribution in [1.29, 1.82) is 0 Å². The van der Waals surface area contributed by atoms with Crippen molar-refractivity contribution in [2.45, 2.75) is 181 Å². The van der Waals surface area contributed by atoms with Gasteiger partial charge in [0.2, 0.25) is 35.4 Å². The molecule has 0 bridgehead atoms. The second-order valence-electron chi connectivity index (χ2n) is 26.7. The molecule has 0 saturated carbocycles. The normalized spacial score (nSPS) is 16.9. The number of hydrogen-bond donors (Lipinski definition) is 8. The number of ether oxygens (including phenoxy) is 4. The van der Waals surface area contributed by atoms with Gasteiger partial charge in [0.1, 0.15) is 37.4 Å². The van der Waals surface area contributed by atoms with Crippen LogP contribution < -0.4 is 37.6 Å². The van der Waals surface area contributed by atoms with Crippen LogP contribution in [-0.4, -0.2) is 176 Å². The van der Waals surface area contributed by atoms with Gasteiger partial charge in [-0.1, -0.05) is 160 Å². The Bertz CT molecular complexity index is 3250. The van der Waals surface area contributed by atoms with Crippen LogP contribution in [0.1, 0.15) is 142 Å². The number of carbonyl (C=O) groups excluding carboxylic acids is 9. The van der Waals surface area contributed by atoms with Gasteiger partial charge in [0, 0.05) is 53.0 Å². The zero-order valence-corrected chi connectivity index (χ0v) is 58.8. The summed E-state index contributed by atoms with van der Waals surface area (Å²) < 4.78 is 23.5. The van der Waals surface area contributed by atoms with E-state index in [4.69, 9.17) is 24.7 Å². The highest BCUT2D eigenvalue weighted by Gasteiger charge is 2.44. The van der Waals surface area contributed by atoms with Gasteiger partial charge in [0.25, 0.3) is 0 Å². The molecular formula is C73H104N10O14. The average Bonchev–Trinajstić information content (AvgIpc) is 1.62. The van der Waals surface area contributed by atoms with Gasteiger partial charge in [-0.2, -0.15) is 0 Å². The van der Waals surface area contributed by atoms with E-state index in [-0.39, 0.29) is 62.7 Å². The maximum atomic E-state index is 14.8. The molecule has 24 heteroatoms. The maximum Gasteiger partial charge on any atom is 0.410 e. The van der Waals surface area contributed by atoms with Crippen LogP contribution in [0.25, 0.3) is 11.1 Å². The first-order valence-electron chi connectivity index (χ1n) is 33.8. The summed E-state index contributed by atoms with van der Waals surface area (Å²) in [4.78, 5) is 129. The van der Waals surface area contributed by atoms with Crippen LogP contribution in [-0.2, 0) is 54.3 Å². The number of amides is 10. The Morgan fingerprint density at radius 2 is 1.28 bits per heavy atom. The Morgan fingerprint density at radius 1 is 0.670 bits per heavy atom. The summed E-state index contributed by atoms with van der Waals surface area (Å²) in [5.74, 6) is -5.11. The third-order valence-corrected chi connectivity index (χ3v) is 18.8. The van der Waals surface area contributed by atoms with Crippen LogP contribution in [0, 0.1) is 29.6 Å². The molecule has 24 nitrogen and oxygen atoms in total. The van der Waals surface area contributed by atoms with E-state index >= 15 is 0 Å². The predicted molar refractivity (Wildman–Crippen MR) is 369 cm³/mol. The molecule has 0 aromatic heterocycles. The van der Waals surface area contributed by atoms with E-state index < -0.39 is 126 Å². The smallest absolute Gasteiger partial charge is 0.410 e. The highest BCUT2D eigenvalue weighted by molar-refractivity contribution is 5.98. The zero-order valence-electron chi connectivity index (χ0n) is 58.8. The van der Waals surface area contributed by atoms with Gasteiger partial charge in [-0.3, -0.25) is 33.7 Å². The number of urea groups is 1. The number of rotatable bonds is 34. The maximum absolute atomic E-state index is 14.8. The van der Waals surface area contributed by atoms with E-state index in [2.05, 4.69) is 31.9 Å². The molecule has 1 heterocycles. The highest BCUT2D eigenvalue weighted by Crippen LogP contribution is 2.44. The summed E-state index contributed by atoms with van der Waals surface area (Å²) in [6.45, 7) is 18.5. The first kappa shape index (κ1) is 77.4. The fourth-order valence-corrected chi connectivity index (χ4v) is 13.2. The van der Waals surface area contributed by atoms with E-state index in [1.165, 1.54) is 26.2 Å². The minimum Gasteiger partial charge on any atom is -0.449 e. The molecular weight excluding hydrogens is 1240 g/mol. The van der Waals surface area contributed by atoms with Gasteiger partial charge in [-0.15, -0.1) is 0 Å². The molecule has 6 rings (SSSR count). The van der Waals surface area contributed by atoms with Crippen LogP contribution in [0.15, 0.2) is 103 Å². The number of primary amides is 1. The number of nitrogens with zero attached hydrogens (tertiary/aromatic N) is 3. The number of methoxy groups -OCH3 is 2. The lowest BCUT2D eigenvalue weighted by molar-refractivity contribution is -0.148. The minimum absolute atomic E-state index is 0.0320. The molecule has 9 N–H and O–H groups in total. The number of likely N-dealkylation sites (N-methyl/N-ethyl adjacent to an activating group) is 2. The summed E-state index contributed by atoms with van der Waals surface area (Å²) in [6, 6.07) is 24.6. The van der Waals surface area contributed by atoms with E-state index in [1.54, 1.807) is 109 Å². The molecule has 0 spiro atoms. The number of aliphatic hydroxyl groups excluding tert-OH is 1. The molecule has 2 aliphatic rings. The third kappa shape index (κ3) is 20.5. The molecule has 3 unspecified atom stereocenters. The zero-order chi connectivity index (χ0) is 71.4. The third-order valence-electron chi connectivity index (χ3n) is 18.8. The number of nitrogens with two attached hydrogens (primary N) is 1. The fraction of sp³-hybridized carbons (Fsp3) is 0.548. The summed E-state index contributed by atoms with van der Waals surface area (Å²) in [5.41, 5.74) is 11.0. The molecule has 1 aliphatic carbocycles.